The van der Waals surface area contributed by atoms with Crippen molar-refractivity contribution in [1.82, 2.24) is 14.8 Å². The first-order valence-corrected chi connectivity index (χ1v) is 17.7. The molecule has 7 rings (SSSR count). The molecule has 0 bridgehead atoms. The number of hydrogen-bond donors (Lipinski definition) is 1. The summed E-state index contributed by atoms with van der Waals surface area (Å²) < 4.78 is 6.55. The van der Waals surface area contributed by atoms with E-state index >= 15 is 0 Å². The predicted molar refractivity (Wildman–Crippen MR) is 188 cm³/mol. The maximum Gasteiger partial charge on any atom is 0.234 e. The molecule has 3 fully saturated rings. The van der Waals surface area contributed by atoms with E-state index < -0.39 is 0 Å². The van der Waals surface area contributed by atoms with Crippen molar-refractivity contribution in [2.45, 2.75) is 64.6 Å². The summed E-state index contributed by atoms with van der Waals surface area (Å²) >= 11 is 6.50. The number of fused-ring (bicyclic) bond motifs is 3. The molecule has 0 radical (unpaired) electrons. The zero-order chi connectivity index (χ0) is 33.4. The number of carbonyl (C=O) groups excluding carboxylic acids is 2. The lowest BCUT2D eigenvalue weighted by Crippen LogP contribution is -2.47. The molecule has 250 valence electrons. The number of phenols is 1. The zero-order valence-electron chi connectivity index (χ0n) is 27.7. The maximum absolute atomic E-state index is 14.2. The lowest BCUT2D eigenvalue weighted by molar-refractivity contribution is -0.144. The van der Waals surface area contributed by atoms with Gasteiger partial charge in [-0.05, 0) is 96.7 Å². The Morgan fingerprint density at radius 3 is 2.50 bits per heavy atom. The van der Waals surface area contributed by atoms with Gasteiger partial charge in [-0.25, -0.2) is 0 Å². The Morgan fingerprint density at radius 2 is 1.79 bits per heavy atom. The molecular formula is C40H44ClN3O4. The third kappa shape index (κ3) is 6.48. The van der Waals surface area contributed by atoms with Crippen LogP contribution < -0.4 is 0 Å². The second-order valence-electron chi connectivity index (χ2n) is 14.1. The van der Waals surface area contributed by atoms with Gasteiger partial charge in [0.1, 0.15) is 5.75 Å². The summed E-state index contributed by atoms with van der Waals surface area (Å²) in [5.74, 6) is -0.293. The molecule has 1 aromatic heterocycles. The summed E-state index contributed by atoms with van der Waals surface area (Å²) in [4.78, 5) is 37.0. The number of piperidine rings is 1. The van der Waals surface area contributed by atoms with E-state index in [1.807, 2.05) is 36.4 Å². The molecule has 3 aromatic rings. The van der Waals surface area contributed by atoms with Crippen molar-refractivity contribution in [1.29, 1.82) is 0 Å². The number of allylic oxidation sites excluding steroid dienone is 2. The summed E-state index contributed by atoms with van der Waals surface area (Å²) in [5.41, 5.74) is 6.51. The Labute approximate surface area is 288 Å². The number of rotatable bonds is 9. The van der Waals surface area contributed by atoms with Crippen LogP contribution >= 0.6 is 11.6 Å². The Bertz CT molecular complexity index is 1710. The van der Waals surface area contributed by atoms with Crippen molar-refractivity contribution >= 4 is 35.1 Å². The van der Waals surface area contributed by atoms with Crippen molar-refractivity contribution in [3.05, 3.63) is 106 Å². The van der Waals surface area contributed by atoms with E-state index in [4.69, 9.17) is 16.3 Å². The Hall–Kier alpha value is -3.78. The number of aromatic hydroxyl groups is 1. The molecule has 1 N–H and O–H groups in total. The molecule has 2 amide bonds. The average molecular weight is 666 g/mol. The zero-order valence-corrected chi connectivity index (χ0v) is 28.5. The molecule has 4 aliphatic rings. The molecule has 0 unspecified atom stereocenters. The summed E-state index contributed by atoms with van der Waals surface area (Å²) in [6.45, 7) is 7.51. The van der Waals surface area contributed by atoms with Crippen LogP contribution in [0.5, 0.6) is 5.75 Å². The standard InChI is InChI=1S/C40H44ClN3O4/c1-25(2)31-22-32-38(40(47)44(39(32)46)29-15-18-43(19-16-29)23-26-8-4-3-5-9-26)33-24-48-36(37(31)33)14-12-28(35-10-6-7-17-42-35)20-27-11-13-30(45)21-34(27)41/h3-11,13,17,20-21,25,29,32-33,36,38,45H,12,14-16,18-19,22-24H2,1-2H3/b28-20-/t32-,33+,36-,38-/m1/s1. The van der Waals surface area contributed by atoms with E-state index in [-0.39, 0.29) is 53.4 Å². The fourth-order valence-corrected chi connectivity index (χ4v) is 8.68. The van der Waals surface area contributed by atoms with Gasteiger partial charge in [0.15, 0.2) is 0 Å². The second-order valence-corrected chi connectivity index (χ2v) is 14.5. The van der Waals surface area contributed by atoms with Gasteiger partial charge in [-0.3, -0.25) is 24.4 Å². The summed E-state index contributed by atoms with van der Waals surface area (Å²) in [6.07, 6.45) is 7.37. The summed E-state index contributed by atoms with van der Waals surface area (Å²) in [5, 5.41) is 10.3. The highest BCUT2D eigenvalue weighted by molar-refractivity contribution is 6.32. The van der Waals surface area contributed by atoms with E-state index in [1.165, 1.54) is 16.7 Å². The first-order valence-electron chi connectivity index (χ1n) is 17.4. The number of aromatic nitrogens is 1. The van der Waals surface area contributed by atoms with Gasteiger partial charge in [0.25, 0.3) is 0 Å². The first kappa shape index (κ1) is 32.8. The van der Waals surface area contributed by atoms with Crippen molar-refractivity contribution in [3.8, 4) is 5.75 Å². The lowest BCUT2D eigenvalue weighted by Gasteiger charge is -2.36. The number of halogens is 1. The number of pyridine rings is 1. The molecule has 3 saturated heterocycles. The van der Waals surface area contributed by atoms with Crippen molar-refractivity contribution < 1.29 is 19.4 Å². The van der Waals surface area contributed by atoms with Crippen LogP contribution in [0.15, 0.2) is 84.1 Å². The van der Waals surface area contributed by atoms with Gasteiger partial charge in [0.2, 0.25) is 11.8 Å². The third-order valence-corrected chi connectivity index (χ3v) is 11.2. The molecule has 48 heavy (non-hydrogen) atoms. The second kappa shape index (κ2) is 14.0. The number of likely N-dealkylation sites (tertiary alicyclic amines) is 2. The van der Waals surface area contributed by atoms with Crippen molar-refractivity contribution in [2.75, 3.05) is 19.7 Å². The van der Waals surface area contributed by atoms with Gasteiger partial charge >= 0.3 is 0 Å². The Kier molecular flexibility index (Phi) is 9.54. The fourth-order valence-electron chi connectivity index (χ4n) is 8.45. The number of carbonyl (C=O) groups is 2. The van der Waals surface area contributed by atoms with Crippen LogP contribution in [0.3, 0.4) is 0 Å². The molecule has 0 saturated carbocycles. The number of benzene rings is 2. The number of hydrogen-bond acceptors (Lipinski definition) is 6. The van der Waals surface area contributed by atoms with Gasteiger partial charge in [0.05, 0.1) is 35.3 Å². The highest BCUT2D eigenvalue weighted by Gasteiger charge is 2.58. The average Bonchev–Trinajstić information content (AvgIpc) is 3.62. The van der Waals surface area contributed by atoms with E-state index in [2.05, 4.69) is 48.0 Å². The number of amides is 2. The van der Waals surface area contributed by atoms with Crippen LogP contribution in [-0.4, -0.2) is 63.5 Å². The van der Waals surface area contributed by atoms with Crippen LogP contribution in [-0.2, 0) is 20.9 Å². The molecule has 7 nitrogen and oxygen atoms in total. The summed E-state index contributed by atoms with van der Waals surface area (Å²) in [6, 6.07) is 21.3. The lowest BCUT2D eigenvalue weighted by atomic mass is 9.67. The van der Waals surface area contributed by atoms with Crippen LogP contribution in [0.4, 0.5) is 0 Å². The van der Waals surface area contributed by atoms with Crippen LogP contribution in [0.25, 0.3) is 11.6 Å². The van der Waals surface area contributed by atoms with E-state index in [9.17, 15) is 14.7 Å². The Morgan fingerprint density at radius 1 is 1.02 bits per heavy atom. The van der Waals surface area contributed by atoms with Crippen molar-refractivity contribution in [3.63, 3.8) is 0 Å². The SMILES string of the molecule is CC(C)C1=C2[C@@H](CC/C(=C/c3ccc(O)cc3Cl)c3ccccn3)OC[C@@H]2[C@@H]2C(=O)N(C3CCN(Cc4ccccc4)CC3)C(=O)[C@@H]2C1. The van der Waals surface area contributed by atoms with Gasteiger partial charge in [-0.15, -0.1) is 0 Å². The van der Waals surface area contributed by atoms with Gasteiger partial charge in [-0.1, -0.05) is 67.4 Å². The summed E-state index contributed by atoms with van der Waals surface area (Å²) in [7, 11) is 0. The smallest absolute Gasteiger partial charge is 0.234 e. The molecule has 2 aromatic carbocycles. The molecule has 8 heteroatoms. The van der Waals surface area contributed by atoms with Crippen LogP contribution in [0, 0.1) is 23.7 Å². The predicted octanol–water partition coefficient (Wildman–Crippen LogP) is 7.40. The minimum absolute atomic E-state index is 0.0112. The van der Waals surface area contributed by atoms with Crippen LogP contribution in [0.1, 0.15) is 62.8 Å². The largest absolute Gasteiger partial charge is 0.508 e. The highest BCUT2D eigenvalue weighted by Crippen LogP contribution is 2.52. The van der Waals surface area contributed by atoms with Gasteiger partial charge in [-0.2, -0.15) is 0 Å². The quantitative estimate of drug-likeness (QED) is 0.190. The van der Waals surface area contributed by atoms with E-state index in [0.717, 1.165) is 55.7 Å². The highest BCUT2D eigenvalue weighted by atomic mass is 35.5. The van der Waals surface area contributed by atoms with Gasteiger partial charge < -0.3 is 9.84 Å². The Balaban J connectivity index is 1.08. The minimum atomic E-state index is -0.344. The van der Waals surface area contributed by atoms with E-state index in [0.29, 0.717) is 24.5 Å². The molecule has 4 heterocycles. The molecule has 1 aliphatic carbocycles. The number of imide groups is 1. The first-order chi connectivity index (χ1) is 23.3. The third-order valence-electron chi connectivity index (χ3n) is 10.8. The number of phenolic OH excluding ortho intramolecular Hbond substituents is 1. The van der Waals surface area contributed by atoms with Crippen molar-refractivity contribution in [2.24, 2.45) is 23.7 Å². The fraction of sp³-hybridized carbons (Fsp3) is 0.425. The normalized spacial score (nSPS) is 25.2. The molecule has 3 aliphatic heterocycles. The van der Waals surface area contributed by atoms with E-state index in [1.54, 1.807) is 23.2 Å². The molecule has 0 spiro atoms. The van der Waals surface area contributed by atoms with Gasteiger partial charge in [0, 0.05) is 37.8 Å². The molecule has 4 atom stereocenters. The molecular weight excluding hydrogens is 622 g/mol. The van der Waals surface area contributed by atoms with Crippen LogP contribution in [0.2, 0.25) is 5.02 Å². The topological polar surface area (TPSA) is 83.0 Å². The minimum Gasteiger partial charge on any atom is -0.508 e. The monoisotopic (exact) mass is 665 g/mol. The maximum atomic E-state index is 14.2. The number of nitrogens with zero attached hydrogens (tertiary/aromatic N) is 3. The number of ether oxygens (including phenoxy) is 1.